The second-order valence-corrected chi connectivity index (χ2v) is 11.1. The normalized spacial score (nSPS) is 22.9. The summed E-state index contributed by atoms with van der Waals surface area (Å²) < 4.78 is 24.6. The van der Waals surface area contributed by atoms with E-state index in [1.54, 1.807) is 12.1 Å². The summed E-state index contributed by atoms with van der Waals surface area (Å²) in [5.41, 5.74) is 0.847. The topological polar surface area (TPSA) is 58.2 Å². The van der Waals surface area contributed by atoms with Crippen LogP contribution in [0.15, 0.2) is 30.3 Å². The molecule has 0 spiro atoms. The van der Waals surface area contributed by atoms with Gasteiger partial charge in [-0.2, -0.15) is 0 Å². The summed E-state index contributed by atoms with van der Waals surface area (Å²) in [6, 6.07) is 6.71. The molecule has 0 bridgehead atoms. The summed E-state index contributed by atoms with van der Waals surface area (Å²) in [5, 5.41) is 5.85. The van der Waals surface area contributed by atoms with Gasteiger partial charge in [-0.25, -0.2) is 8.78 Å². The van der Waals surface area contributed by atoms with E-state index in [0.29, 0.717) is 5.56 Å². The lowest BCUT2D eigenvalue weighted by Crippen LogP contribution is -2.50. The SMILES string of the molecule is O=C(NC1CC(F)(F)C1)c1cc(NC(=O)[C@@H]2[C@@H](c3cc(Cl)c(Cl)c(Cl)c3)C2(Cl)Cl)ccc1Cl. The van der Waals surface area contributed by atoms with Crippen molar-refractivity contribution in [3.63, 3.8) is 0 Å². The maximum atomic E-state index is 13.0. The fraction of sp³-hybridized carbons (Fsp3) is 0.333. The van der Waals surface area contributed by atoms with Crippen LogP contribution in [0, 0.1) is 5.92 Å². The van der Waals surface area contributed by atoms with Crippen molar-refractivity contribution in [2.45, 2.75) is 35.1 Å². The molecule has 2 aliphatic rings. The fourth-order valence-corrected chi connectivity index (χ4v) is 5.49. The molecule has 0 radical (unpaired) electrons. The molecule has 2 N–H and O–H groups in total. The lowest BCUT2D eigenvalue weighted by atomic mass is 9.88. The molecule has 0 heterocycles. The van der Waals surface area contributed by atoms with E-state index in [4.69, 9.17) is 69.6 Å². The first kappa shape index (κ1) is 25.1. The minimum absolute atomic E-state index is 0.0382. The van der Waals surface area contributed by atoms with E-state index in [1.807, 2.05) is 0 Å². The van der Waals surface area contributed by atoms with Crippen LogP contribution in [0.4, 0.5) is 14.5 Å². The van der Waals surface area contributed by atoms with E-state index in [1.165, 1.54) is 18.2 Å². The van der Waals surface area contributed by atoms with Crippen LogP contribution >= 0.6 is 69.6 Å². The first-order chi connectivity index (χ1) is 15.3. The molecule has 4 rings (SSSR count). The van der Waals surface area contributed by atoms with Gasteiger partial charge in [0.2, 0.25) is 5.91 Å². The van der Waals surface area contributed by atoms with Gasteiger partial charge < -0.3 is 10.6 Å². The molecule has 0 saturated heterocycles. The van der Waals surface area contributed by atoms with E-state index in [0.717, 1.165) is 0 Å². The highest BCUT2D eigenvalue weighted by molar-refractivity contribution is 6.54. The average Bonchev–Trinajstić information content (AvgIpc) is 3.27. The third-order valence-corrected chi connectivity index (χ3v) is 8.07. The molecule has 2 fully saturated rings. The molecule has 4 nitrogen and oxygen atoms in total. The van der Waals surface area contributed by atoms with Crippen molar-refractivity contribution >= 4 is 87.1 Å². The Morgan fingerprint density at radius 2 is 1.55 bits per heavy atom. The third kappa shape index (κ3) is 5.02. The van der Waals surface area contributed by atoms with Gasteiger partial charge in [0.15, 0.2) is 0 Å². The number of hydrogen-bond donors (Lipinski definition) is 2. The summed E-state index contributed by atoms with van der Waals surface area (Å²) in [6.07, 6.45) is -0.857. The Bertz CT molecular complexity index is 1130. The number of amides is 2. The molecule has 0 aliphatic heterocycles. The lowest BCUT2D eigenvalue weighted by molar-refractivity contribution is -0.117. The van der Waals surface area contributed by atoms with Crippen LogP contribution in [0.3, 0.4) is 0 Å². The molecule has 0 aromatic heterocycles. The Labute approximate surface area is 217 Å². The standard InChI is InChI=1S/C21H14Cl6F2N2O2/c22-12-2-1-9(5-11(12)18(32)31-10-6-20(28,29)7-10)30-19(33)16-15(21(16,26)27)8-3-13(23)17(25)14(24)4-8/h1-5,10,15-16H,6-7H2,(H,30,33)(H,31,32)/t15-,16+/m1/s1. The van der Waals surface area contributed by atoms with Gasteiger partial charge >= 0.3 is 0 Å². The van der Waals surface area contributed by atoms with Crippen LogP contribution in [0.1, 0.15) is 34.7 Å². The summed E-state index contributed by atoms with van der Waals surface area (Å²) in [6.45, 7) is 0. The number of anilines is 1. The summed E-state index contributed by atoms with van der Waals surface area (Å²) in [5.74, 6) is -5.32. The summed E-state index contributed by atoms with van der Waals surface area (Å²) in [7, 11) is 0. The molecule has 2 aromatic carbocycles. The third-order valence-electron chi connectivity index (χ3n) is 5.61. The van der Waals surface area contributed by atoms with Gasteiger partial charge in [-0.3, -0.25) is 9.59 Å². The van der Waals surface area contributed by atoms with E-state index in [2.05, 4.69) is 10.6 Å². The molecule has 2 saturated carbocycles. The number of carbonyl (C=O) groups is 2. The molecule has 176 valence electrons. The number of carbonyl (C=O) groups excluding carboxylic acids is 2. The molecule has 0 unspecified atom stereocenters. The first-order valence-corrected chi connectivity index (χ1v) is 11.9. The van der Waals surface area contributed by atoms with Crippen LogP contribution in [-0.4, -0.2) is 28.1 Å². The zero-order valence-corrected chi connectivity index (χ0v) is 20.9. The number of hydrogen-bond acceptors (Lipinski definition) is 2. The highest BCUT2D eigenvalue weighted by Gasteiger charge is 2.67. The van der Waals surface area contributed by atoms with Gasteiger partial charge in [0.1, 0.15) is 4.33 Å². The fourth-order valence-electron chi connectivity index (χ4n) is 3.85. The molecule has 12 heteroatoms. The molecular formula is C21H14Cl6F2N2O2. The van der Waals surface area contributed by atoms with E-state index >= 15 is 0 Å². The number of halogens is 8. The average molecular weight is 577 g/mol. The minimum atomic E-state index is -2.77. The summed E-state index contributed by atoms with van der Waals surface area (Å²) in [4.78, 5) is 25.4. The zero-order chi connectivity index (χ0) is 24.3. The maximum absolute atomic E-state index is 13.0. The van der Waals surface area contributed by atoms with E-state index in [-0.39, 0.29) is 31.3 Å². The van der Waals surface area contributed by atoms with Gasteiger partial charge in [-0.05, 0) is 35.9 Å². The van der Waals surface area contributed by atoms with Crippen LogP contribution in [0.5, 0.6) is 0 Å². The Morgan fingerprint density at radius 1 is 0.939 bits per heavy atom. The second-order valence-electron chi connectivity index (χ2n) is 8.05. The van der Waals surface area contributed by atoms with E-state index < -0.39 is 52.8 Å². The number of benzene rings is 2. The second kappa shape index (κ2) is 8.89. The Balaban J connectivity index is 1.47. The van der Waals surface area contributed by atoms with Gasteiger partial charge in [0.25, 0.3) is 11.8 Å². The van der Waals surface area contributed by atoms with Crippen molar-refractivity contribution < 1.29 is 18.4 Å². The molecule has 33 heavy (non-hydrogen) atoms. The van der Waals surface area contributed by atoms with Crippen molar-refractivity contribution in [3.05, 3.63) is 61.5 Å². The molecule has 2 amide bonds. The zero-order valence-electron chi connectivity index (χ0n) is 16.4. The molecular weight excluding hydrogens is 563 g/mol. The van der Waals surface area contributed by atoms with E-state index in [9.17, 15) is 18.4 Å². The van der Waals surface area contributed by atoms with Gasteiger partial charge in [0.05, 0.1) is 31.6 Å². The predicted octanol–water partition coefficient (Wildman–Crippen LogP) is 7.35. The highest BCUT2D eigenvalue weighted by atomic mass is 35.5. The maximum Gasteiger partial charge on any atom is 0.253 e. The molecule has 2 aromatic rings. The van der Waals surface area contributed by atoms with Gasteiger partial charge in [0, 0.05) is 30.5 Å². The van der Waals surface area contributed by atoms with Crippen molar-refractivity contribution in [1.82, 2.24) is 5.32 Å². The minimum Gasteiger partial charge on any atom is -0.349 e. The van der Waals surface area contributed by atoms with Crippen molar-refractivity contribution in [2.24, 2.45) is 5.92 Å². The lowest BCUT2D eigenvalue weighted by Gasteiger charge is -2.35. The molecule has 2 atom stereocenters. The Kier molecular flexibility index (Phi) is 6.75. The van der Waals surface area contributed by atoms with Crippen LogP contribution in [-0.2, 0) is 4.79 Å². The predicted molar refractivity (Wildman–Crippen MR) is 128 cm³/mol. The quantitative estimate of drug-likeness (QED) is 0.289. The number of rotatable bonds is 5. The number of nitrogens with one attached hydrogen (secondary N) is 2. The van der Waals surface area contributed by atoms with Crippen LogP contribution in [0.2, 0.25) is 20.1 Å². The van der Waals surface area contributed by atoms with Crippen molar-refractivity contribution in [2.75, 3.05) is 5.32 Å². The van der Waals surface area contributed by atoms with Gasteiger partial charge in [-0.15, -0.1) is 23.2 Å². The monoisotopic (exact) mass is 574 g/mol. The van der Waals surface area contributed by atoms with Crippen LogP contribution in [0.25, 0.3) is 0 Å². The summed E-state index contributed by atoms with van der Waals surface area (Å²) >= 11 is 36.9. The first-order valence-electron chi connectivity index (χ1n) is 9.61. The van der Waals surface area contributed by atoms with Gasteiger partial charge in [-0.1, -0.05) is 46.4 Å². The smallest absolute Gasteiger partial charge is 0.253 e. The van der Waals surface area contributed by atoms with Crippen molar-refractivity contribution in [1.29, 1.82) is 0 Å². The highest BCUT2D eigenvalue weighted by Crippen LogP contribution is 2.65. The van der Waals surface area contributed by atoms with Crippen LogP contribution < -0.4 is 10.6 Å². The number of alkyl halides is 4. The Hall–Kier alpha value is -1.02. The molecule has 2 aliphatic carbocycles. The van der Waals surface area contributed by atoms with Crippen molar-refractivity contribution in [3.8, 4) is 0 Å². The largest absolute Gasteiger partial charge is 0.349 e. The Morgan fingerprint density at radius 3 is 2.12 bits per heavy atom.